The number of nitrogens with two attached hydrogens (primary N) is 5. The fourth-order valence-corrected chi connectivity index (χ4v) is 13.7. The third-order valence-electron chi connectivity index (χ3n) is 16.2. The highest BCUT2D eigenvalue weighted by Crippen LogP contribution is 2.27. The van der Waals surface area contributed by atoms with E-state index in [-0.39, 0.29) is 111 Å². The Kier molecular flexibility index (Phi) is 29.6. The fourth-order valence-electron chi connectivity index (χ4n) is 11.2. The van der Waals surface area contributed by atoms with Gasteiger partial charge in [-0.25, -0.2) is 0 Å². The van der Waals surface area contributed by atoms with Crippen LogP contribution < -0.4 is 76.5 Å². The van der Waals surface area contributed by atoms with Crippen LogP contribution in [-0.4, -0.2) is 171 Å². The number of rotatable bonds is 24. The van der Waals surface area contributed by atoms with Gasteiger partial charge in [0.05, 0.1) is 0 Å². The molecular weight excluding hydrogens is 1350 g/mol. The standard InChI is InChI=1S/C67H86ClN19O11S2/c1-37(2)29-48-58(91)80-47(16-9-27-77-67(72)73)65(98)87-28-10-17-53(87)62(95)83-51(56(69)89)35-99-100-36-52(61(94)79-46(15-8-26-76-66(70)71)57(90)85-54(63(96)82-48)43-13-6-24-74-33-43)84-64(97)55(44-14-7-25-75-34-44)86-60(93)50(31-39-19-22-45(68)23-20-39)81-59(92)49(78-38(3)88)32-40-18-21-41-11-4-5-12-42(41)30-40/h4-7,11-14,18-25,30,33-34,37,46-55H,8-10,15-17,26-29,31-32,35-36H2,1-3H3,(H2,69,89)(H,78,88)(H,79,94)(H,80,91)(H,81,92)(H,82,96)(H,83,95)(H,84,97)(H,85,90)(H,86,93)(H4,70,71,76)(H4,72,73,77)/t46-,47-,48-,49-,50-,51-,52-,53-,54-,55-/m0/s1. The predicted molar refractivity (Wildman–Crippen MR) is 380 cm³/mol. The summed E-state index contributed by atoms with van der Waals surface area (Å²) in [5.41, 5.74) is 29.9. The van der Waals surface area contributed by atoms with Crippen LogP contribution in [0.25, 0.3) is 10.8 Å². The van der Waals surface area contributed by atoms with Crippen molar-refractivity contribution in [2.45, 2.75) is 139 Å². The van der Waals surface area contributed by atoms with Crippen LogP contribution in [0.5, 0.6) is 0 Å². The molecule has 0 spiro atoms. The number of aliphatic imine (C=N–C) groups is 2. The third kappa shape index (κ3) is 23.8. The molecular formula is C67H86ClN19O11S2. The normalized spacial score (nSPS) is 20.6. The molecule has 11 amide bonds. The quantitative estimate of drug-likeness (QED) is 0.0170. The van der Waals surface area contributed by atoms with E-state index in [9.17, 15) is 33.6 Å². The van der Waals surface area contributed by atoms with Crippen LogP contribution in [0.15, 0.2) is 126 Å². The molecule has 2 aliphatic rings. The first kappa shape index (κ1) is 77.3. The summed E-state index contributed by atoms with van der Waals surface area (Å²) in [6.45, 7) is 4.98. The molecule has 2 aliphatic heterocycles. The molecule has 4 heterocycles. The van der Waals surface area contributed by atoms with Gasteiger partial charge in [0.25, 0.3) is 0 Å². The van der Waals surface area contributed by atoms with E-state index in [2.05, 4.69) is 67.8 Å². The van der Waals surface area contributed by atoms with Gasteiger partial charge in [-0.2, -0.15) is 0 Å². The number of guanidine groups is 2. The Morgan fingerprint density at radius 3 is 1.87 bits per heavy atom. The number of aromatic nitrogens is 2. The van der Waals surface area contributed by atoms with Gasteiger partial charge in [-0.05, 0) is 97.0 Å². The molecule has 30 nitrogen and oxygen atoms in total. The molecule has 3 aromatic carbocycles. The summed E-state index contributed by atoms with van der Waals surface area (Å²) in [6.07, 6.45) is 5.94. The molecule has 100 heavy (non-hydrogen) atoms. The molecule has 2 saturated heterocycles. The van der Waals surface area contributed by atoms with Crippen molar-refractivity contribution in [1.82, 2.24) is 62.7 Å². The van der Waals surface area contributed by atoms with Gasteiger partial charge in [0.1, 0.15) is 60.4 Å². The number of nitrogens with one attached hydrogen (secondary N) is 9. The lowest BCUT2D eigenvalue weighted by Gasteiger charge is -2.31. The molecule has 0 saturated carbocycles. The molecule has 33 heteroatoms. The zero-order valence-electron chi connectivity index (χ0n) is 55.5. The van der Waals surface area contributed by atoms with E-state index >= 15 is 19.2 Å². The zero-order chi connectivity index (χ0) is 72.4. The molecule has 0 bridgehead atoms. The van der Waals surface area contributed by atoms with Crippen LogP contribution in [0.1, 0.15) is 100 Å². The van der Waals surface area contributed by atoms with E-state index in [1.165, 1.54) is 60.9 Å². The number of amides is 11. The van der Waals surface area contributed by atoms with Crippen molar-refractivity contribution in [2.24, 2.45) is 44.6 Å². The Labute approximate surface area is 591 Å². The highest BCUT2D eigenvalue weighted by atomic mass is 35.5. The Morgan fingerprint density at radius 2 is 1.23 bits per heavy atom. The number of carbonyl (C=O) groups is 11. The maximum Gasteiger partial charge on any atom is 0.247 e. The van der Waals surface area contributed by atoms with E-state index in [0.29, 0.717) is 22.6 Å². The lowest BCUT2D eigenvalue weighted by atomic mass is 9.99. The Hall–Kier alpha value is -10.1. The Morgan fingerprint density at radius 1 is 0.630 bits per heavy atom. The van der Waals surface area contributed by atoms with E-state index < -0.39 is 125 Å². The van der Waals surface area contributed by atoms with Crippen LogP contribution in [-0.2, 0) is 65.6 Å². The summed E-state index contributed by atoms with van der Waals surface area (Å²) < 4.78 is 0. The molecule has 0 aliphatic carbocycles. The largest absolute Gasteiger partial charge is 0.370 e. The van der Waals surface area contributed by atoms with Crippen molar-refractivity contribution < 1.29 is 52.7 Å². The highest BCUT2D eigenvalue weighted by Gasteiger charge is 2.41. The summed E-state index contributed by atoms with van der Waals surface area (Å²) in [7, 11) is 1.92. The first-order valence-electron chi connectivity index (χ1n) is 32.5. The van der Waals surface area contributed by atoms with Gasteiger partial charge in [-0.1, -0.05) is 114 Å². The van der Waals surface area contributed by atoms with Crippen molar-refractivity contribution in [3.63, 3.8) is 0 Å². The van der Waals surface area contributed by atoms with E-state index in [4.69, 9.17) is 40.3 Å². The minimum absolute atomic E-state index is 0.0147. The number of halogens is 1. The number of nitrogens with zero attached hydrogens (tertiary/aromatic N) is 5. The second kappa shape index (κ2) is 38.3. The van der Waals surface area contributed by atoms with Crippen LogP contribution in [0.2, 0.25) is 5.02 Å². The van der Waals surface area contributed by atoms with Gasteiger partial charge in [0.2, 0.25) is 65.0 Å². The average molecular weight is 1430 g/mol. The van der Waals surface area contributed by atoms with Crippen molar-refractivity contribution in [1.29, 1.82) is 0 Å². The van der Waals surface area contributed by atoms with Crippen LogP contribution in [0, 0.1) is 5.92 Å². The van der Waals surface area contributed by atoms with Crippen molar-refractivity contribution in [3.8, 4) is 0 Å². The lowest BCUT2D eigenvalue weighted by molar-refractivity contribution is -0.142. The van der Waals surface area contributed by atoms with Gasteiger partial charge in [-0.15, -0.1) is 0 Å². The molecule has 0 radical (unpaired) electrons. The minimum atomic E-state index is -1.67. The summed E-state index contributed by atoms with van der Waals surface area (Å²) in [5, 5.41) is 26.9. The van der Waals surface area contributed by atoms with Crippen LogP contribution in [0.3, 0.4) is 0 Å². The Balaban J connectivity index is 1.25. The highest BCUT2D eigenvalue weighted by molar-refractivity contribution is 8.76. The fraction of sp³-hybridized carbons (Fsp3) is 0.418. The molecule has 534 valence electrons. The maximum atomic E-state index is 15.3. The first-order valence-corrected chi connectivity index (χ1v) is 35.4. The summed E-state index contributed by atoms with van der Waals surface area (Å²) >= 11 is 6.27. The van der Waals surface area contributed by atoms with E-state index in [0.717, 1.165) is 32.4 Å². The summed E-state index contributed by atoms with van der Waals surface area (Å²) in [4.78, 5) is 177. The SMILES string of the molecule is CC(=O)N[C@@H](Cc1ccc2ccccc2c1)C(=O)N[C@@H](Cc1ccc(Cl)cc1)C(=O)N[C@H](C(=O)N[C@H]1CSSC[C@@H](C(N)=O)NC(=O)[C@@H]2CCCN2C(=O)[C@H](CCCN=C(N)N)NC(=O)[C@H](CC(C)C)NC(=O)[C@H](c2cccnc2)NC(=O)[C@H](CCCN=C(N)N)NC1=O)c1cccnc1. The minimum Gasteiger partial charge on any atom is -0.370 e. The third-order valence-corrected chi connectivity index (χ3v) is 18.9. The molecule has 2 aromatic heterocycles. The molecule has 10 atom stereocenters. The monoisotopic (exact) mass is 1430 g/mol. The molecule has 19 N–H and O–H groups in total. The number of fused-ring (bicyclic) bond motifs is 2. The molecule has 2 fully saturated rings. The van der Waals surface area contributed by atoms with Gasteiger partial charge in [0, 0.05) is 91.8 Å². The van der Waals surface area contributed by atoms with Crippen LogP contribution >= 0.6 is 33.2 Å². The molecule has 7 rings (SSSR count). The van der Waals surface area contributed by atoms with Gasteiger partial charge in [0.15, 0.2) is 11.9 Å². The number of carbonyl (C=O) groups excluding carboxylic acids is 11. The number of pyridine rings is 2. The number of hydrogen-bond donors (Lipinski definition) is 14. The van der Waals surface area contributed by atoms with E-state index in [1.54, 1.807) is 38.1 Å². The van der Waals surface area contributed by atoms with Gasteiger partial charge < -0.3 is 81.4 Å². The summed E-state index contributed by atoms with van der Waals surface area (Å²) in [6, 6.07) is 11.5. The second-order valence-corrected chi connectivity index (χ2v) is 27.5. The lowest BCUT2D eigenvalue weighted by Crippen LogP contribution is -2.59. The van der Waals surface area contributed by atoms with Crippen LogP contribution in [0.4, 0.5) is 0 Å². The number of hydrogen-bond acceptors (Lipinski definition) is 17. The predicted octanol–water partition coefficient (Wildman–Crippen LogP) is 0.221. The van der Waals surface area contributed by atoms with E-state index in [1.807, 2.05) is 42.5 Å². The Bertz CT molecular complexity index is 3760. The maximum absolute atomic E-state index is 15.3. The second-order valence-electron chi connectivity index (χ2n) is 24.5. The molecule has 0 unspecified atom stereocenters. The van der Waals surface area contributed by atoms with Gasteiger partial charge >= 0.3 is 0 Å². The first-order chi connectivity index (χ1) is 47.8. The number of primary amides is 1. The summed E-state index contributed by atoms with van der Waals surface area (Å²) in [5.74, 6) is -10.3. The zero-order valence-corrected chi connectivity index (χ0v) is 57.9. The topological polar surface area (TPSA) is 480 Å². The van der Waals surface area contributed by atoms with Crippen molar-refractivity contribution >= 4 is 121 Å². The van der Waals surface area contributed by atoms with Crippen molar-refractivity contribution in [3.05, 3.63) is 143 Å². The van der Waals surface area contributed by atoms with Crippen molar-refractivity contribution in [2.75, 3.05) is 31.1 Å². The number of benzene rings is 3. The average Bonchev–Trinajstić information content (AvgIpc) is 1.08. The van der Waals surface area contributed by atoms with Gasteiger partial charge in [-0.3, -0.25) is 72.7 Å². The smallest absolute Gasteiger partial charge is 0.247 e. The molecule has 5 aromatic rings.